The highest BCUT2D eigenvalue weighted by molar-refractivity contribution is 5.31. The number of anilines is 1. The fraction of sp³-hybridized carbons (Fsp3) is 0.700. The predicted molar refractivity (Wildman–Crippen MR) is 64.2 cm³/mol. The molecule has 1 aromatic heterocycles. The molecule has 1 aromatic rings. The highest BCUT2D eigenvalue weighted by Crippen LogP contribution is 2.10. The average Bonchev–Trinajstić information content (AvgIpc) is 2.30. The number of nitrogens with one attached hydrogen (secondary N) is 2. The fourth-order valence-electron chi connectivity index (χ4n) is 2.05. The first kappa shape index (κ1) is 11.8. The van der Waals surface area contributed by atoms with E-state index < -0.39 is 5.69 Å². The van der Waals surface area contributed by atoms with Gasteiger partial charge in [-0.05, 0) is 26.4 Å². The van der Waals surface area contributed by atoms with E-state index in [2.05, 4.69) is 20.4 Å². The molecule has 1 atom stereocenters. The van der Waals surface area contributed by atoms with Crippen molar-refractivity contribution in [3.63, 3.8) is 0 Å². The van der Waals surface area contributed by atoms with Crippen molar-refractivity contribution >= 4 is 5.82 Å². The maximum atomic E-state index is 11.7. The molecule has 0 bridgehead atoms. The second-order valence-corrected chi connectivity index (χ2v) is 4.49. The number of hydrogen-bond donors (Lipinski definition) is 2. The van der Waals surface area contributed by atoms with E-state index in [0.29, 0.717) is 0 Å². The van der Waals surface area contributed by atoms with Crippen LogP contribution in [0.2, 0.25) is 0 Å². The topological polar surface area (TPSA) is 83.0 Å². The molecule has 7 nitrogen and oxygen atoms in total. The molecular formula is C10H17N5O2. The summed E-state index contributed by atoms with van der Waals surface area (Å²) in [6.07, 6.45) is 2.10. The second-order valence-electron chi connectivity index (χ2n) is 4.49. The molecule has 0 saturated carbocycles. The number of likely N-dealkylation sites (N-methyl/N-ethyl adjacent to an activating group) is 1. The third kappa shape index (κ3) is 2.55. The largest absolute Gasteiger partial charge is 0.360 e. The lowest BCUT2D eigenvalue weighted by Gasteiger charge is -2.30. The van der Waals surface area contributed by atoms with Crippen molar-refractivity contribution in [1.82, 2.24) is 19.7 Å². The van der Waals surface area contributed by atoms with Gasteiger partial charge in [-0.15, -0.1) is 5.10 Å². The van der Waals surface area contributed by atoms with Crippen LogP contribution in [0.15, 0.2) is 9.59 Å². The summed E-state index contributed by atoms with van der Waals surface area (Å²) in [7, 11) is 3.48. The Morgan fingerprint density at radius 2 is 2.18 bits per heavy atom. The summed E-state index contributed by atoms with van der Waals surface area (Å²) in [4.78, 5) is 25.1. The van der Waals surface area contributed by atoms with E-state index in [1.54, 1.807) is 0 Å². The van der Waals surface area contributed by atoms with Crippen molar-refractivity contribution in [2.24, 2.45) is 7.05 Å². The number of rotatable bonds is 2. The Morgan fingerprint density at radius 1 is 1.41 bits per heavy atom. The minimum absolute atomic E-state index is 0.208. The molecule has 94 valence electrons. The van der Waals surface area contributed by atoms with Crippen LogP contribution in [0.4, 0.5) is 5.82 Å². The zero-order chi connectivity index (χ0) is 12.4. The molecule has 0 unspecified atom stereocenters. The van der Waals surface area contributed by atoms with E-state index in [4.69, 9.17) is 0 Å². The predicted octanol–water partition coefficient (Wildman–Crippen LogP) is -1.03. The van der Waals surface area contributed by atoms with Gasteiger partial charge in [0, 0.05) is 19.6 Å². The quantitative estimate of drug-likeness (QED) is 0.690. The molecule has 1 aliphatic heterocycles. The summed E-state index contributed by atoms with van der Waals surface area (Å²) in [5, 5.41) is 9.14. The first-order valence-electron chi connectivity index (χ1n) is 5.68. The summed E-state index contributed by atoms with van der Waals surface area (Å²) in [5.74, 6) is 0.215. The number of hydrogen-bond acceptors (Lipinski definition) is 5. The van der Waals surface area contributed by atoms with Gasteiger partial charge in [0.05, 0.1) is 0 Å². The Balaban J connectivity index is 2.16. The molecule has 0 aliphatic carbocycles. The van der Waals surface area contributed by atoms with E-state index in [1.165, 1.54) is 7.05 Å². The minimum Gasteiger partial charge on any atom is -0.360 e. The standard InChI is InChI=1S/C10H17N5O2/c1-14-5-3-4-7(6-14)11-8-9(16)15(2)10(17)13-12-8/h7H,3-6H2,1-2H3,(H,11,12)(H,13,17)/t7-/m1/s1. The first-order chi connectivity index (χ1) is 8.08. The van der Waals surface area contributed by atoms with Crippen LogP contribution in [-0.2, 0) is 7.05 Å². The lowest BCUT2D eigenvalue weighted by molar-refractivity contribution is 0.260. The van der Waals surface area contributed by atoms with Crippen LogP contribution in [-0.4, -0.2) is 45.8 Å². The number of piperidine rings is 1. The Labute approximate surface area is 98.5 Å². The van der Waals surface area contributed by atoms with E-state index in [9.17, 15) is 9.59 Å². The van der Waals surface area contributed by atoms with Gasteiger partial charge in [-0.25, -0.2) is 9.89 Å². The molecule has 0 amide bonds. The van der Waals surface area contributed by atoms with Crippen molar-refractivity contribution in [2.45, 2.75) is 18.9 Å². The van der Waals surface area contributed by atoms with Crippen molar-refractivity contribution in [1.29, 1.82) is 0 Å². The Kier molecular flexibility index (Phi) is 3.28. The summed E-state index contributed by atoms with van der Waals surface area (Å²) < 4.78 is 1.02. The lowest BCUT2D eigenvalue weighted by atomic mass is 10.1. The third-order valence-electron chi connectivity index (χ3n) is 3.04. The highest BCUT2D eigenvalue weighted by Gasteiger charge is 2.18. The lowest BCUT2D eigenvalue weighted by Crippen LogP contribution is -2.43. The molecule has 0 aromatic carbocycles. The van der Waals surface area contributed by atoms with Gasteiger partial charge < -0.3 is 10.2 Å². The number of likely N-dealkylation sites (tertiary alicyclic amines) is 1. The molecule has 0 radical (unpaired) electrons. The zero-order valence-corrected chi connectivity index (χ0v) is 10.1. The SMILES string of the molecule is CN1CCC[C@@H](Nc2n[nH]c(=O)n(C)c2=O)C1. The molecule has 1 saturated heterocycles. The molecule has 0 spiro atoms. The van der Waals surface area contributed by atoms with Crippen molar-refractivity contribution in [3.8, 4) is 0 Å². The summed E-state index contributed by atoms with van der Waals surface area (Å²) in [6.45, 7) is 1.96. The molecular weight excluding hydrogens is 222 g/mol. The van der Waals surface area contributed by atoms with E-state index in [1.807, 2.05) is 7.05 Å². The molecule has 2 rings (SSSR count). The van der Waals surface area contributed by atoms with Gasteiger partial charge in [-0.3, -0.25) is 9.36 Å². The fourth-order valence-corrected chi connectivity index (χ4v) is 2.05. The van der Waals surface area contributed by atoms with Crippen molar-refractivity contribution < 1.29 is 0 Å². The van der Waals surface area contributed by atoms with E-state index in [-0.39, 0.29) is 17.4 Å². The van der Waals surface area contributed by atoms with Crippen LogP contribution >= 0.6 is 0 Å². The van der Waals surface area contributed by atoms with Crippen molar-refractivity contribution in [2.75, 3.05) is 25.5 Å². The minimum atomic E-state index is -0.499. The van der Waals surface area contributed by atoms with Crippen LogP contribution in [0.5, 0.6) is 0 Å². The number of aromatic amines is 1. The molecule has 1 aliphatic rings. The van der Waals surface area contributed by atoms with Crippen LogP contribution < -0.4 is 16.6 Å². The smallest absolute Gasteiger partial charge is 0.344 e. The van der Waals surface area contributed by atoms with Gasteiger partial charge in [0.25, 0.3) is 5.56 Å². The molecule has 2 N–H and O–H groups in total. The van der Waals surface area contributed by atoms with Gasteiger partial charge >= 0.3 is 5.69 Å². The van der Waals surface area contributed by atoms with Gasteiger partial charge in [0.1, 0.15) is 0 Å². The van der Waals surface area contributed by atoms with Gasteiger partial charge in [0.2, 0.25) is 5.82 Å². The maximum Gasteiger partial charge on any atom is 0.344 e. The third-order valence-corrected chi connectivity index (χ3v) is 3.04. The average molecular weight is 239 g/mol. The van der Waals surface area contributed by atoms with Crippen molar-refractivity contribution in [3.05, 3.63) is 20.8 Å². The first-order valence-corrected chi connectivity index (χ1v) is 5.68. The molecule has 2 heterocycles. The highest BCUT2D eigenvalue weighted by atomic mass is 16.2. The van der Waals surface area contributed by atoms with E-state index >= 15 is 0 Å². The van der Waals surface area contributed by atoms with Crippen LogP contribution in [0.25, 0.3) is 0 Å². The normalized spacial score (nSPS) is 21.4. The summed E-state index contributed by atoms with van der Waals surface area (Å²) >= 11 is 0. The monoisotopic (exact) mass is 239 g/mol. The summed E-state index contributed by atoms with van der Waals surface area (Å²) in [5.41, 5.74) is -0.886. The van der Waals surface area contributed by atoms with Crippen LogP contribution in [0, 0.1) is 0 Å². The number of H-pyrrole nitrogens is 1. The number of nitrogens with zero attached hydrogens (tertiary/aromatic N) is 3. The number of aromatic nitrogens is 3. The second kappa shape index (κ2) is 4.70. The molecule has 17 heavy (non-hydrogen) atoms. The van der Waals surface area contributed by atoms with Gasteiger partial charge in [-0.2, -0.15) is 0 Å². The van der Waals surface area contributed by atoms with Crippen LogP contribution in [0.3, 0.4) is 0 Å². The Morgan fingerprint density at radius 3 is 2.88 bits per heavy atom. The molecule has 1 fully saturated rings. The zero-order valence-electron chi connectivity index (χ0n) is 10.1. The Hall–Kier alpha value is -1.63. The molecule has 7 heteroatoms. The van der Waals surface area contributed by atoms with Gasteiger partial charge in [0.15, 0.2) is 0 Å². The van der Waals surface area contributed by atoms with Crippen LogP contribution in [0.1, 0.15) is 12.8 Å². The Bertz CT molecular complexity index is 506. The van der Waals surface area contributed by atoms with E-state index in [0.717, 1.165) is 30.5 Å². The summed E-state index contributed by atoms with van der Waals surface area (Å²) in [6, 6.07) is 0.208. The maximum absolute atomic E-state index is 11.7. The van der Waals surface area contributed by atoms with Gasteiger partial charge in [-0.1, -0.05) is 0 Å².